The van der Waals surface area contributed by atoms with Crippen molar-refractivity contribution in [2.75, 3.05) is 4.90 Å². The second kappa shape index (κ2) is 9.00. The van der Waals surface area contributed by atoms with Gasteiger partial charge in [0.05, 0.1) is 22.7 Å². The molecule has 0 heterocycles. The van der Waals surface area contributed by atoms with Gasteiger partial charge >= 0.3 is 5.97 Å². The summed E-state index contributed by atoms with van der Waals surface area (Å²) in [5, 5.41) is 20.6. The van der Waals surface area contributed by atoms with E-state index >= 15 is 0 Å². The summed E-state index contributed by atoms with van der Waals surface area (Å²) in [6.45, 7) is 1.63. The number of amides is 1. The van der Waals surface area contributed by atoms with Crippen LogP contribution < -0.4 is 4.90 Å². The lowest BCUT2D eigenvalue weighted by Gasteiger charge is -2.26. The summed E-state index contributed by atoms with van der Waals surface area (Å²) in [5.41, 5.74) is 2.63. The molecule has 7 nitrogen and oxygen atoms in total. The molecule has 3 aromatic rings. The second-order valence-corrected chi connectivity index (χ2v) is 6.81. The Morgan fingerprint density at radius 3 is 2.17 bits per heavy atom. The van der Waals surface area contributed by atoms with Crippen LogP contribution in [0.15, 0.2) is 72.8 Å². The number of para-hydroxylation sites is 1. The molecule has 3 rings (SSSR count). The first-order valence-electron chi connectivity index (χ1n) is 9.27. The zero-order valence-corrected chi connectivity index (χ0v) is 16.3. The number of carboxylic acids is 1. The molecule has 0 spiro atoms. The zero-order valence-electron chi connectivity index (χ0n) is 16.3. The molecule has 0 bridgehead atoms. The lowest BCUT2D eigenvalue weighted by molar-refractivity contribution is -0.384. The predicted molar refractivity (Wildman–Crippen MR) is 113 cm³/mol. The Kier molecular flexibility index (Phi) is 6.22. The molecule has 0 aliphatic heterocycles. The van der Waals surface area contributed by atoms with Gasteiger partial charge in [0.25, 0.3) is 5.69 Å². The van der Waals surface area contributed by atoms with Crippen molar-refractivity contribution >= 4 is 23.3 Å². The van der Waals surface area contributed by atoms with E-state index in [9.17, 15) is 24.8 Å². The molecular formula is C23H20N2O5. The van der Waals surface area contributed by atoms with Crippen molar-refractivity contribution < 1.29 is 19.6 Å². The molecule has 0 saturated carbocycles. The summed E-state index contributed by atoms with van der Waals surface area (Å²) in [5.74, 6) is -1.41. The highest BCUT2D eigenvalue weighted by molar-refractivity contribution is 6.02. The molecule has 0 fully saturated rings. The molecule has 0 unspecified atom stereocenters. The molecule has 7 heteroatoms. The Hall–Kier alpha value is -4.00. The molecule has 0 atom stereocenters. The van der Waals surface area contributed by atoms with Crippen LogP contribution >= 0.6 is 0 Å². The van der Waals surface area contributed by atoms with Gasteiger partial charge in [0.2, 0.25) is 5.91 Å². The zero-order chi connectivity index (χ0) is 21.7. The van der Waals surface area contributed by atoms with Crippen LogP contribution in [0.1, 0.15) is 34.0 Å². The number of hydrogen-bond donors (Lipinski definition) is 1. The van der Waals surface area contributed by atoms with Gasteiger partial charge in [0.1, 0.15) is 0 Å². The number of carbonyl (C=O) groups excluding carboxylic acids is 1. The topological polar surface area (TPSA) is 101 Å². The fraction of sp³-hybridized carbons (Fsp3) is 0.130. The Bertz CT molecular complexity index is 1080. The van der Waals surface area contributed by atoms with Gasteiger partial charge in [-0.05, 0) is 29.2 Å². The summed E-state index contributed by atoms with van der Waals surface area (Å²) in [4.78, 5) is 36.3. The van der Waals surface area contributed by atoms with Crippen molar-refractivity contribution in [3.63, 3.8) is 0 Å². The van der Waals surface area contributed by atoms with Crippen molar-refractivity contribution in [2.45, 2.75) is 19.9 Å². The maximum Gasteiger partial charge on any atom is 0.337 e. The van der Waals surface area contributed by atoms with Crippen molar-refractivity contribution in [1.29, 1.82) is 0 Å². The van der Waals surface area contributed by atoms with Gasteiger partial charge in [-0.25, -0.2) is 4.79 Å². The first-order valence-corrected chi connectivity index (χ1v) is 9.27. The van der Waals surface area contributed by atoms with E-state index in [0.717, 1.165) is 11.1 Å². The number of aromatic carboxylic acids is 1. The third kappa shape index (κ3) is 4.70. The van der Waals surface area contributed by atoms with Crippen LogP contribution in [0.3, 0.4) is 0 Å². The van der Waals surface area contributed by atoms with Crippen molar-refractivity contribution in [1.82, 2.24) is 0 Å². The first-order chi connectivity index (χ1) is 14.4. The minimum atomic E-state index is -1.13. The van der Waals surface area contributed by atoms with E-state index in [-0.39, 0.29) is 23.7 Å². The van der Waals surface area contributed by atoms with E-state index in [1.165, 1.54) is 30.0 Å². The monoisotopic (exact) mass is 404 g/mol. The summed E-state index contributed by atoms with van der Waals surface area (Å²) in [7, 11) is 0. The number of nitro benzene ring substituents is 1. The molecular weight excluding hydrogens is 384 g/mol. The summed E-state index contributed by atoms with van der Waals surface area (Å²) in [6, 6.07) is 20.3. The molecule has 1 N–H and O–H groups in total. The Morgan fingerprint density at radius 2 is 1.60 bits per heavy atom. The lowest BCUT2D eigenvalue weighted by Crippen LogP contribution is -2.30. The van der Waals surface area contributed by atoms with Gasteiger partial charge < -0.3 is 10.0 Å². The highest BCUT2D eigenvalue weighted by Gasteiger charge is 2.23. The molecule has 1 amide bonds. The molecule has 0 aliphatic rings. The van der Waals surface area contributed by atoms with Gasteiger partial charge in [-0.3, -0.25) is 14.9 Å². The molecule has 0 aliphatic carbocycles. The minimum Gasteiger partial charge on any atom is -0.478 e. The van der Waals surface area contributed by atoms with Crippen LogP contribution in [0.4, 0.5) is 11.4 Å². The Morgan fingerprint density at radius 1 is 0.933 bits per heavy atom. The molecule has 30 heavy (non-hydrogen) atoms. The number of anilines is 1. The standard InChI is InChI=1S/C23H20N2O5/c1-16(26)24(15-18-6-3-2-4-7-18)22-19(8-5-9-21(22)23(27)28)14-17-10-12-20(13-11-17)25(29)30/h2-13H,14-15H2,1H3,(H,27,28). The van der Waals surface area contributed by atoms with E-state index < -0.39 is 10.9 Å². The average Bonchev–Trinajstić information content (AvgIpc) is 2.73. The van der Waals surface area contributed by atoms with Crippen LogP contribution in [0.25, 0.3) is 0 Å². The second-order valence-electron chi connectivity index (χ2n) is 6.81. The third-order valence-electron chi connectivity index (χ3n) is 4.73. The average molecular weight is 404 g/mol. The van der Waals surface area contributed by atoms with E-state index in [1.807, 2.05) is 30.3 Å². The van der Waals surface area contributed by atoms with Crippen LogP contribution in [-0.2, 0) is 17.8 Å². The smallest absolute Gasteiger partial charge is 0.337 e. The molecule has 0 aromatic heterocycles. The SMILES string of the molecule is CC(=O)N(Cc1ccccc1)c1c(Cc2ccc([N+](=O)[O-])cc2)cccc1C(=O)O. The molecule has 152 valence electrons. The fourth-order valence-corrected chi connectivity index (χ4v) is 3.29. The summed E-state index contributed by atoms with van der Waals surface area (Å²) < 4.78 is 0. The number of hydrogen-bond acceptors (Lipinski definition) is 4. The maximum absolute atomic E-state index is 12.5. The third-order valence-corrected chi connectivity index (χ3v) is 4.73. The normalized spacial score (nSPS) is 10.4. The maximum atomic E-state index is 12.5. The van der Waals surface area contributed by atoms with Gasteiger partial charge in [-0.2, -0.15) is 0 Å². The quantitative estimate of drug-likeness (QED) is 0.463. The van der Waals surface area contributed by atoms with Gasteiger partial charge in [0, 0.05) is 19.1 Å². The van der Waals surface area contributed by atoms with Crippen LogP contribution in [0, 0.1) is 10.1 Å². The highest BCUT2D eigenvalue weighted by atomic mass is 16.6. The number of benzene rings is 3. The largest absolute Gasteiger partial charge is 0.478 e. The van der Waals surface area contributed by atoms with Crippen molar-refractivity contribution in [3.05, 3.63) is 105 Å². The number of rotatable bonds is 7. The van der Waals surface area contributed by atoms with Crippen molar-refractivity contribution in [3.8, 4) is 0 Å². The molecule has 0 radical (unpaired) electrons. The van der Waals surface area contributed by atoms with E-state index in [4.69, 9.17) is 0 Å². The Labute approximate surface area is 173 Å². The van der Waals surface area contributed by atoms with E-state index in [2.05, 4.69) is 0 Å². The van der Waals surface area contributed by atoms with Crippen LogP contribution in [0.2, 0.25) is 0 Å². The number of non-ortho nitro benzene ring substituents is 1. The van der Waals surface area contributed by atoms with E-state index in [1.54, 1.807) is 24.3 Å². The summed E-state index contributed by atoms with van der Waals surface area (Å²) >= 11 is 0. The number of carboxylic acid groups (broad SMARTS) is 1. The molecule has 0 saturated heterocycles. The molecule has 3 aromatic carbocycles. The Balaban J connectivity index is 2.05. The van der Waals surface area contributed by atoms with Gasteiger partial charge in [0.15, 0.2) is 0 Å². The van der Waals surface area contributed by atoms with Crippen LogP contribution in [-0.4, -0.2) is 21.9 Å². The van der Waals surface area contributed by atoms with Crippen LogP contribution in [0.5, 0.6) is 0 Å². The number of nitrogens with zero attached hydrogens (tertiary/aromatic N) is 2. The van der Waals surface area contributed by atoms with Crippen molar-refractivity contribution in [2.24, 2.45) is 0 Å². The van der Waals surface area contributed by atoms with Gasteiger partial charge in [-0.1, -0.05) is 54.6 Å². The fourth-order valence-electron chi connectivity index (χ4n) is 3.29. The number of nitro groups is 1. The van der Waals surface area contributed by atoms with Gasteiger partial charge in [-0.15, -0.1) is 0 Å². The predicted octanol–water partition coefficient (Wildman–Crippen LogP) is 4.44. The number of carbonyl (C=O) groups is 2. The van der Waals surface area contributed by atoms with E-state index in [0.29, 0.717) is 17.7 Å². The summed E-state index contributed by atoms with van der Waals surface area (Å²) in [6.07, 6.45) is 0.326. The lowest BCUT2D eigenvalue weighted by atomic mass is 9.98. The first kappa shape index (κ1) is 20.7. The highest BCUT2D eigenvalue weighted by Crippen LogP contribution is 2.30. The minimum absolute atomic E-state index is 0.0206.